The van der Waals surface area contributed by atoms with Crippen LogP contribution in [0.3, 0.4) is 0 Å². The number of nitrogens with one attached hydrogen (secondary N) is 1. The van der Waals surface area contributed by atoms with Gasteiger partial charge < -0.3 is 9.88 Å². The molecule has 2 rings (SSSR count). The molecule has 2 heterocycles. The van der Waals surface area contributed by atoms with Crippen molar-refractivity contribution in [3.8, 4) is 0 Å². The molecule has 0 saturated carbocycles. The van der Waals surface area contributed by atoms with Gasteiger partial charge in [0.2, 0.25) is 10.0 Å². The maximum Gasteiger partial charge on any atom is 0.244 e. The Labute approximate surface area is 125 Å². The molecule has 1 unspecified atom stereocenters. The van der Waals surface area contributed by atoms with Gasteiger partial charge in [0.25, 0.3) is 0 Å². The van der Waals surface area contributed by atoms with Gasteiger partial charge in [-0.2, -0.15) is 16.1 Å². The van der Waals surface area contributed by atoms with Crippen molar-refractivity contribution >= 4 is 21.8 Å². The van der Waals surface area contributed by atoms with E-state index in [-0.39, 0.29) is 0 Å². The number of sulfonamides is 1. The molecule has 1 atom stereocenters. The van der Waals surface area contributed by atoms with Gasteiger partial charge in [0.15, 0.2) is 0 Å². The van der Waals surface area contributed by atoms with Gasteiger partial charge in [0.05, 0.1) is 0 Å². The van der Waals surface area contributed by atoms with Crippen LogP contribution in [0.5, 0.6) is 0 Å². The highest BCUT2D eigenvalue weighted by atomic mass is 32.2. The van der Waals surface area contributed by atoms with Gasteiger partial charge >= 0.3 is 0 Å². The number of hydrogen-bond donors (Lipinski definition) is 1. The van der Waals surface area contributed by atoms with E-state index in [1.54, 1.807) is 16.6 Å². The van der Waals surface area contributed by atoms with Crippen molar-refractivity contribution in [1.82, 2.24) is 14.2 Å². The van der Waals surface area contributed by atoms with Crippen molar-refractivity contribution in [1.29, 1.82) is 0 Å². The van der Waals surface area contributed by atoms with E-state index >= 15 is 0 Å². The second kappa shape index (κ2) is 6.51. The number of aryl methyl sites for hydroxylation is 1. The topological polar surface area (TPSA) is 54.3 Å². The van der Waals surface area contributed by atoms with Crippen molar-refractivity contribution < 1.29 is 8.42 Å². The average molecular weight is 317 g/mol. The van der Waals surface area contributed by atoms with E-state index in [4.69, 9.17) is 0 Å². The number of rotatable bonds is 5. The maximum atomic E-state index is 12.7. The van der Waals surface area contributed by atoms with E-state index in [2.05, 4.69) is 12.2 Å². The van der Waals surface area contributed by atoms with Crippen LogP contribution in [0.25, 0.3) is 0 Å². The van der Waals surface area contributed by atoms with Crippen LogP contribution in [0.1, 0.15) is 19.0 Å². The SMILES string of the molecule is CCC1CN(S(=O)(=O)c2cc(CNC)n(C)c2)CCS1. The summed E-state index contributed by atoms with van der Waals surface area (Å²) in [5, 5.41) is 3.47. The van der Waals surface area contributed by atoms with E-state index < -0.39 is 10.0 Å². The van der Waals surface area contributed by atoms with Crippen LogP contribution in [0.15, 0.2) is 17.2 Å². The van der Waals surface area contributed by atoms with Crippen LogP contribution < -0.4 is 5.32 Å². The first-order valence-electron chi connectivity index (χ1n) is 6.90. The molecule has 114 valence electrons. The Balaban J connectivity index is 2.23. The fourth-order valence-electron chi connectivity index (χ4n) is 2.38. The van der Waals surface area contributed by atoms with Gasteiger partial charge in [-0.3, -0.25) is 0 Å². The highest BCUT2D eigenvalue weighted by Crippen LogP contribution is 2.26. The predicted molar refractivity (Wildman–Crippen MR) is 83.5 cm³/mol. The zero-order valence-electron chi connectivity index (χ0n) is 12.3. The Morgan fingerprint density at radius 2 is 2.25 bits per heavy atom. The summed E-state index contributed by atoms with van der Waals surface area (Å²) in [5.74, 6) is 0.883. The van der Waals surface area contributed by atoms with Gasteiger partial charge in [0.1, 0.15) is 4.90 Å². The summed E-state index contributed by atoms with van der Waals surface area (Å²) in [6.07, 6.45) is 2.72. The lowest BCUT2D eigenvalue weighted by Crippen LogP contribution is -2.41. The predicted octanol–water partition coefficient (Wildman–Crippen LogP) is 1.26. The molecule has 0 aliphatic carbocycles. The summed E-state index contributed by atoms with van der Waals surface area (Å²) in [6, 6.07) is 1.77. The Kier molecular flexibility index (Phi) is 5.17. The Morgan fingerprint density at radius 3 is 2.90 bits per heavy atom. The zero-order valence-corrected chi connectivity index (χ0v) is 13.9. The molecular weight excluding hydrogens is 294 g/mol. The van der Waals surface area contributed by atoms with Crippen LogP contribution in [0.4, 0.5) is 0 Å². The number of aromatic nitrogens is 1. The molecule has 1 aliphatic heterocycles. The summed E-state index contributed by atoms with van der Waals surface area (Å²) in [6.45, 7) is 4.01. The first-order valence-corrected chi connectivity index (χ1v) is 9.39. The standard InChI is InChI=1S/C13H23N3O2S2/c1-4-12-9-16(5-6-19-12)20(17,18)13-7-11(8-14-2)15(3)10-13/h7,10,12,14H,4-6,8-9H2,1-3H3. The molecule has 1 fully saturated rings. The van der Waals surface area contributed by atoms with Crippen LogP contribution in [-0.4, -0.2) is 48.4 Å². The Bertz CT molecular complexity index is 554. The molecule has 1 N–H and O–H groups in total. The second-order valence-electron chi connectivity index (χ2n) is 5.07. The molecule has 1 saturated heterocycles. The number of nitrogens with zero attached hydrogens (tertiary/aromatic N) is 2. The third-order valence-corrected chi connectivity index (χ3v) is 6.84. The van der Waals surface area contributed by atoms with Crippen LogP contribution in [0.2, 0.25) is 0 Å². The molecule has 0 radical (unpaired) electrons. The maximum absolute atomic E-state index is 12.7. The summed E-state index contributed by atoms with van der Waals surface area (Å²) < 4.78 is 28.9. The quantitative estimate of drug-likeness (QED) is 0.888. The second-order valence-corrected chi connectivity index (χ2v) is 8.42. The molecule has 20 heavy (non-hydrogen) atoms. The minimum Gasteiger partial charge on any atom is -0.352 e. The summed E-state index contributed by atoms with van der Waals surface area (Å²) >= 11 is 1.87. The minimum atomic E-state index is -3.35. The summed E-state index contributed by atoms with van der Waals surface area (Å²) in [7, 11) is 0.384. The van der Waals surface area contributed by atoms with E-state index in [1.165, 1.54) is 0 Å². The third kappa shape index (κ3) is 3.21. The van der Waals surface area contributed by atoms with Crippen LogP contribution >= 0.6 is 11.8 Å². The molecule has 1 aromatic heterocycles. The zero-order chi connectivity index (χ0) is 14.8. The van der Waals surface area contributed by atoms with Crippen molar-refractivity contribution in [2.75, 3.05) is 25.9 Å². The van der Waals surface area contributed by atoms with Crippen molar-refractivity contribution in [2.24, 2.45) is 7.05 Å². The molecular formula is C13H23N3O2S2. The number of hydrogen-bond acceptors (Lipinski definition) is 4. The highest BCUT2D eigenvalue weighted by molar-refractivity contribution is 8.00. The number of thioether (sulfide) groups is 1. The van der Waals surface area contributed by atoms with Crippen molar-refractivity contribution in [3.05, 3.63) is 18.0 Å². The summed E-state index contributed by atoms with van der Waals surface area (Å²) in [4.78, 5) is 0.409. The first kappa shape index (κ1) is 15.9. The fraction of sp³-hybridized carbons (Fsp3) is 0.692. The van der Waals surface area contributed by atoms with Gasteiger partial charge in [0, 0.05) is 49.6 Å². The van der Waals surface area contributed by atoms with E-state index in [0.717, 1.165) is 17.9 Å². The molecule has 0 aromatic carbocycles. The molecule has 0 bridgehead atoms. The molecule has 5 nitrogen and oxygen atoms in total. The smallest absolute Gasteiger partial charge is 0.244 e. The van der Waals surface area contributed by atoms with Crippen LogP contribution in [-0.2, 0) is 23.6 Å². The van der Waals surface area contributed by atoms with E-state index in [0.29, 0.717) is 29.8 Å². The monoisotopic (exact) mass is 317 g/mol. The highest BCUT2D eigenvalue weighted by Gasteiger charge is 2.30. The first-order chi connectivity index (χ1) is 9.48. The molecule has 1 aromatic rings. The summed E-state index contributed by atoms with van der Waals surface area (Å²) in [5.41, 5.74) is 0.976. The lowest BCUT2D eigenvalue weighted by molar-refractivity contribution is 0.416. The third-order valence-electron chi connectivity index (χ3n) is 3.64. The lowest BCUT2D eigenvalue weighted by Gasteiger charge is -2.30. The molecule has 0 amide bonds. The fourth-order valence-corrected chi connectivity index (χ4v) is 5.35. The molecule has 0 spiro atoms. The van der Waals surface area contributed by atoms with Gasteiger partial charge in [-0.15, -0.1) is 0 Å². The van der Waals surface area contributed by atoms with Gasteiger partial charge in [-0.25, -0.2) is 8.42 Å². The van der Waals surface area contributed by atoms with Crippen LogP contribution in [0, 0.1) is 0 Å². The Morgan fingerprint density at radius 1 is 1.50 bits per heavy atom. The molecule has 1 aliphatic rings. The Hall–Kier alpha value is -0.500. The molecule has 7 heteroatoms. The lowest BCUT2D eigenvalue weighted by atomic mass is 10.3. The van der Waals surface area contributed by atoms with Gasteiger partial charge in [-0.05, 0) is 19.5 Å². The van der Waals surface area contributed by atoms with E-state index in [9.17, 15) is 8.42 Å². The van der Waals surface area contributed by atoms with Crippen molar-refractivity contribution in [2.45, 2.75) is 30.0 Å². The largest absolute Gasteiger partial charge is 0.352 e. The normalized spacial score (nSPS) is 21.2. The van der Waals surface area contributed by atoms with Gasteiger partial charge in [-0.1, -0.05) is 6.92 Å². The van der Waals surface area contributed by atoms with Crippen molar-refractivity contribution in [3.63, 3.8) is 0 Å². The van der Waals surface area contributed by atoms with E-state index in [1.807, 2.05) is 30.4 Å². The minimum absolute atomic E-state index is 0.409. The average Bonchev–Trinajstić information content (AvgIpc) is 2.81.